The van der Waals surface area contributed by atoms with E-state index < -0.39 is 0 Å². The van der Waals surface area contributed by atoms with Gasteiger partial charge in [0.15, 0.2) is 0 Å². The summed E-state index contributed by atoms with van der Waals surface area (Å²) < 4.78 is 0. The van der Waals surface area contributed by atoms with Gasteiger partial charge >= 0.3 is 0 Å². The van der Waals surface area contributed by atoms with Gasteiger partial charge in [-0.1, -0.05) is 201 Å². The molecule has 0 heterocycles. The average molecular weight is 592 g/mol. The van der Waals surface area contributed by atoms with Crippen molar-refractivity contribution >= 4 is 0 Å². The fraction of sp³-hybridized carbons (Fsp3) is 1.00. The second kappa shape index (κ2) is 29.7. The highest BCUT2D eigenvalue weighted by Gasteiger charge is 2.36. The average Bonchev–Trinajstić information content (AvgIpc) is 2.95. The molecule has 1 heteroatoms. The standard InChI is InChI=1S/C41H85N/c1-8-11-14-16-18-20-22-24-26-28-30-32-34-37-40(4,5)42(39-36-13-10-3)41(6,7)38-35-33-31-29-27-25-23-21-19-17-15-12-9-2/h8-39H2,1-7H3. The van der Waals surface area contributed by atoms with Crippen LogP contribution in [0.5, 0.6) is 0 Å². The van der Waals surface area contributed by atoms with Crippen LogP contribution in [0.25, 0.3) is 0 Å². The highest BCUT2D eigenvalue weighted by molar-refractivity contribution is 4.92. The van der Waals surface area contributed by atoms with Crippen LogP contribution in [0, 0.1) is 0 Å². The Hall–Kier alpha value is -0.0400. The summed E-state index contributed by atoms with van der Waals surface area (Å²) >= 11 is 0. The Kier molecular flexibility index (Phi) is 29.6. The number of unbranched alkanes of at least 4 members (excludes halogenated alkanes) is 26. The van der Waals surface area contributed by atoms with Gasteiger partial charge in [0.05, 0.1) is 0 Å². The number of hydrogen-bond donors (Lipinski definition) is 0. The number of hydrogen-bond acceptors (Lipinski definition) is 1. The molecule has 0 atom stereocenters. The summed E-state index contributed by atoms with van der Waals surface area (Å²) in [5.41, 5.74) is 0.622. The van der Waals surface area contributed by atoms with Crippen LogP contribution in [-0.4, -0.2) is 22.5 Å². The first-order valence-electron chi connectivity index (χ1n) is 20.1. The largest absolute Gasteiger partial charge is 0.293 e. The van der Waals surface area contributed by atoms with E-state index in [-0.39, 0.29) is 0 Å². The molecule has 0 aliphatic carbocycles. The van der Waals surface area contributed by atoms with E-state index in [1.807, 2.05) is 0 Å². The van der Waals surface area contributed by atoms with Gasteiger partial charge in [-0.2, -0.15) is 0 Å². The quantitative estimate of drug-likeness (QED) is 0.0673. The van der Waals surface area contributed by atoms with Crippen molar-refractivity contribution in [1.82, 2.24) is 4.90 Å². The van der Waals surface area contributed by atoms with E-state index in [4.69, 9.17) is 0 Å². The number of rotatable bonds is 34. The summed E-state index contributed by atoms with van der Waals surface area (Å²) in [6, 6.07) is 0. The lowest BCUT2D eigenvalue weighted by Gasteiger charge is -2.49. The molecule has 0 fully saturated rings. The molecule has 0 N–H and O–H groups in total. The lowest BCUT2D eigenvalue weighted by atomic mass is 9.85. The molecular formula is C41H85N. The van der Waals surface area contributed by atoms with Gasteiger partial charge in [0, 0.05) is 11.1 Å². The van der Waals surface area contributed by atoms with Crippen LogP contribution in [0.3, 0.4) is 0 Å². The minimum atomic E-state index is 0.311. The monoisotopic (exact) mass is 592 g/mol. The minimum Gasteiger partial charge on any atom is -0.293 e. The van der Waals surface area contributed by atoms with E-state index in [1.165, 1.54) is 206 Å². The maximum absolute atomic E-state index is 2.94. The molecule has 0 rings (SSSR count). The van der Waals surface area contributed by atoms with Crippen molar-refractivity contribution in [1.29, 1.82) is 0 Å². The van der Waals surface area contributed by atoms with E-state index in [0.717, 1.165) is 0 Å². The van der Waals surface area contributed by atoms with Gasteiger partial charge in [-0.3, -0.25) is 4.90 Å². The Bertz CT molecular complexity index is 479. The molecule has 0 spiro atoms. The number of nitrogens with zero attached hydrogens (tertiary/aromatic N) is 1. The second-order valence-electron chi connectivity index (χ2n) is 15.5. The lowest BCUT2D eigenvalue weighted by Crippen LogP contribution is -2.55. The summed E-state index contributed by atoms with van der Waals surface area (Å²) in [6.07, 6.45) is 44.4. The fourth-order valence-electron chi connectivity index (χ4n) is 7.37. The van der Waals surface area contributed by atoms with Crippen molar-refractivity contribution in [2.45, 2.75) is 259 Å². The third kappa shape index (κ3) is 25.3. The van der Waals surface area contributed by atoms with Crippen molar-refractivity contribution in [3.8, 4) is 0 Å². The normalized spacial score (nSPS) is 12.6. The Balaban J connectivity index is 4.18. The molecule has 0 bridgehead atoms. The van der Waals surface area contributed by atoms with Gasteiger partial charge in [-0.05, 0) is 53.5 Å². The molecule has 1 nitrogen and oxygen atoms in total. The third-order valence-corrected chi connectivity index (χ3v) is 10.2. The van der Waals surface area contributed by atoms with Crippen molar-refractivity contribution in [2.75, 3.05) is 6.54 Å². The molecule has 0 amide bonds. The van der Waals surface area contributed by atoms with Crippen LogP contribution in [0.15, 0.2) is 0 Å². The topological polar surface area (TPSA) is 3.24 Å². The summed E-state index contributed by atoms with van der Waals surface area (Å²) in [7, 11) is 0. The zero-order valence-corrected chi connectivity index (χ0v) is 31.1. The summed E-state index contributed by atoms with van der Waals surface area (Å²) in [5, 5.41) is 0. The molecule has 0 aliphatic heterocycles. The van der Waals surface area contributed by atoms with Crippen molar-refractivity contribution in [3.63, 3.8) is 0 Å². The predicted octanol–water partition coefficient (Wildman–Crippen LogP) is 15.0. The van der Waals surface area contributed by atoms with Crippen LogP contribution in [0.1, 0.15) is 248 Å². The highest BCUT2D eigenvalue weighted by atomic mass is 15.2. The zero-order chi connectivity index (χ0) is 31.2. The van der Waals surface area contributed by atoms with Crippen molar-refractivity contribution in [3.05, 3.63) is 0 Å². The molecule has 254 valence electrons. The molecule has 0 radical (unpaired) electrons. The lowest BCUT2D eigenvalue weighted by molar-refractivity contribution is 0.00160. The fourth-order valence-corrected chi connectivity index (χ4v) is 7.37. The van der Waals surface area contributed by atoms with Crippen LogP contribution in [0.4, 0.5) is 0 Å². The van der Waals surface area contributed by atoms with Gasteiger partial charge in [-0.25, -0.2) is 0 Å². The van der Waals surface area contributed by atoms with Gasteiger partial charge in [0.1, 0.15) is 0 Å². The van der Waals surface area contributed by atoms with E-state index in [2.05, 4.69) is 53.4 Å². The first-order valence-corrected chi connectivity index (χ1v) is 20.1. The van der Waals surface area contributed by atoms with Crippen molar-refractivity contribution < 1.29 is 0 Å². The van der Waals surface area contributed by atoms with E-state index in [0.29, 0.717) is 11.1 Å². The molecule has 0 saturated heterocycles. The third-order valence-electron chi connectivity index (χ3n) is 10.2. The highest BCUT2D eigenvalue weighted by Crippen LogP contribution is 2.34. The van der Waals surface area contributed by atoms with Crippen molar-refractivity contribution in [2.24, 2.45) is 0 Å². The Labute approximate surface area is 269 Å². The SMILES string of the molecule is CCCCCCCCCCCCCCCC(C)(C)N(CCCCC)C(C)(C)CCCCCCCCCCCCCCC. The zero-order valence-electron chi connectivity index (χ0n) is 31.1. The minimum absolute atomic E-state index is 0.311. The Morgan fingerprint density at radius 3 is 0.762 bits per heavy atom. The van der Waals surface area contributed by atoms with Crippen LogP contribution < -0.4 is 0 Å². The molecular weight excluding hydrogens is 506 g/mol. The molecule has 0 aliphatic rings. The Morgan fingerprint density at radius 1 is 0.286 bits per heavy atom. The molecule has 0 aromatic heterocycles. The van der Waals surface area contributed by atoms with E-state index in [1.54, 1.807) is 0 Å². The first-order chi connectivity index (χ1) is 20.3. The van der Waals surface area contributed by atoms with Gasteiger partial charge in [-0.15, -0.1) is 0 Å². The molecule has 0 saturated carbocycles. The van der Waals surface area contributed by atoms with Gasteiger partial charge in [0.25, 0.3) is 0 Å². The molecule has 0 aromatic rings. The summed E-state index contributed by atoms with van der Waals surface area (Å²) in [6.45, 7) is 18.5. The van der Waals surface area contributed by atoms with Crippen LogP contribution in [-0.2, 0) is 0 Å². The first kappa shape index (κ1) is 42.0. The maximum Gasteiger partial charge on any atom is 0.0158 e. The second-order valence-corrected chi connectivity index (χ2v) is 15.5. The predicted molar refractivity (Wildman–Crippen MR) is 195 cm³/mol. The molecule has 42 heavy (non-hydrogen) atoms. The van der Waals surface area contributed by atoms with Crippen LogP contribution >= 0.6 is 0 Å². The maximum atomic E-state index is 2.94. The summed E-state index contributed by atoms with van der Waals surface area (Å²) in [5.74, 6) is 0. The smallest absolute Gasteiger partial charge is 0.0158 e. The Morgan fingerprint density at radius 2 is 0.500 bits per heavy atom. The molecule has 0 unspecified atom stereocenters. The molecule has 0 aromatic carbocycles. The van der Waals surface area contributed by atoms with E-state index >= 15 is 0 Å². The van der Waals surface area contributed by atoms with Gasteiger partial charge in [0.2, 0.25) is 0 Å². The van der Waals surface area contributed by atoms with E-state index in [9.17, 15) is 0 Å². The summed E-state index contributed by atoms with van der Waals surface area (Å²) in [4.78, 5) is 2.94. The van der Waals surface area contributed by atoms with Gasteiger partial charge < -0.3 is 0 Å². The van der Waals surface area contributed by atoms with Crippen LogP contribution in [0.2, 0.25) is 0 Å².